The lowest BCUT2D eigenvalue weighted by molar-refractivity contribution is -0.120. The van der Waals surface area contributed by atoms with E-state index in [0.29, 0.717) is 12.1 Å². The van der Waals surface area contributed by atoms with Crippen molar-refractivity contribution in [3.05, 3.63) is 70.5 Å². The zero-order valence-corrected chi connectivity index (χ0v) is 16.5. The van der Waals surface area contributed by atoms with Crippen LogP contribution in [0.3, 0.4) is 0 Å². The first-order valence-electron chi connectivity index (χ1n) is 9.77. The van der Waals surface area contributed by atoms with Crippen LogP contribution in [0.15, 0.2) is 42.5 Å². The molecular weight excluding hydrogens is 355 g/mol. The van der Waals surface area contributed by atoms with Crippen molar-refractivity contribution < 1.29 is 14.0 Å². The van der Waals surface area contributed by atoms with Crippen molar-refractivity contribution >= 4 is 11.8 Å². The number of hydrogen-bond donors (Lipinski definition) is 2. The molecule has 1 aliphatic carbocycles. The molecule has 0 aliphatic heterocycles. The number of nitrogens with one attached hydrogen (secondary N) is 2. The van der Waals surface area contributed by atoms with Crippen LogP contribution in [0.4, 0.5) is 4.39 Å². The number of rotatable bonds is 6. The van der Waals surface area contributed by atoms with E-state index < -0.39 is 0 Å². The summed E-state index contributed by atoms with van der Waals surface area (Å²) in [5, 5.41) is 5.65. The standard InChI is InChI=1S/C23H27FN2O2/c1-16-11-17(2)13-18(12-16)22(28)25-14-21(27)26-15-23(9-3-4-10-23)19-5-7-20(24)8-6-19/h5-8,11-13H,3-4,9-10,14-15H2,1-2H3,(H,25,28)(H,26,27). The van der Waals surface area contributed by atoms with Crippen LogP contribution in [0, 0.1) is 19.7 Å². The van der Waals surface area contributed by atoms with Crippen molar-refractivity contribution in [1.29, 1.82) is 0 Å². The molecule has 148 valence electrons. The van der Waals surface area contributed by atoms with Crippen LogP contribution in [0.2, 0.25) is 0 Å². The second-order valence-electron chi connectivity index (χ2n) is 7.83. The molecule has 0 atom stereocenters. The minimum Gasteiger partial charge on any atom is -0.354 e. The number of halogens is 1. The molecular formula is C23H27FN2O2. The van der Waals surface area contributed by atoms with Crippen molar-refractivity contribution in [3.8, 4) is 0 Å². The van der Waals surface area contributed by atoms with Gasteiger partial charge in [0.05, 0.1) is 6.54 Å². The lowest BCUT2D eigenvalue weighted by Gasteiger charge is -2.30. The van der Waals surface area contributed by atoms with Gasteiger partial charge in [-0.05, 0) is 56.5 Å². The molecule has 3 rings (SSSR count). The fourth-order valence-electron chi connectivity index (χ4n) is 4.12. The smallest absolute Gasteiger partial charge is 0.251 e. The fraction of sp³-hybridized carbons (Fsp3) is 0.391. The van der Waals surface area contributed by atoms with E-state index in [0.717, 1.165) is 42.4 Å². The Morgan fingerprint density at radius 2 is 1.57 bits per heavy atom. The van der Waals surface area contributed by atoms with Crippen molar-refractivity contribution in [2.75, 3.05) is 13.1 Å². The Kier molecular flexibility index (Phi) is 6.12. The number of carbonyl (C=O) groups is 2. The Morgan fingerprint density at radius 3 is 2.18 bits per heavy atom. The average molecular weight is 382 g/mol. The van der Waals surface area contributed by atoms with E-state index in [1.165, 1.54) is 12.1 Å². The molecule has 0 aromatic heterocycles. The molecule has 1 saturated carbocycles. The number of aryl methyl sites for hydroxylation is 2. The van der Waals surface area contributed by atoms with Gasteiger partial charge >= 0.3 is 0 Å². The summed E-state index contributed by atoms with van der Waals surface area (Å²) >= 11 is 0. The van der Waals surface area contributed by atoms with Gasteiger partial charge in [-0.25, -0.2) is 4.39 Å². The summed E-state index contributed by atoms with van der Waals surface area (Å²) in [6.45, 7) is 4.31. The quantitative estimate of drug-likeness (QED) is 0.798. The number of carbonyl (C=O) groups excluding carboxylic acids is 2. The van der Waals surface area contributed by atoms with Gasteiger partial charge in [0, 0.05) is 17.5 Å². The predicted octanol–water partition coefficient (Wildman–Crippen LogP) is 3.80. The van der Waals surface area contributed by atoms with Crippen molar-refractivity contribution in [2.45, 2.75) is 44.9 Å². The van der Waals surface area contributed by atoms with Crippen LogP contribution in [0.5, 0.6) is 0 Å². The first-order chi connectivity index (χ1) is 13.4. The highest BCUT2D eigenvalue weighted by molar-refractivity contribution is 5.96. The van der Waals surface area contributed by atoms with E-state index in [1.54, 1.807) is 0 Å². The highest BCUT2D eigenvalue weighted by atomic mass is 19.1. The summed E-state index contributed by atoms with van der Waals surface area (Å²) in [5.74, 6) is -0.725. The number of benzene rings is 2. The molecule has 4 nitrogen and oxygen atoms in total. The predicted molar refractivity (Wildman–Crippen MR) is 108 cm³/mol. The van der Waals surface area contributed by atoms with Crippen LogP contribution in [-0.4, -0.2) is 24.9 Å². The van der Waals surface area contributed by atoms with Crippen molar-refractivity contribution in [2.24, 2.45) is 0 Å². The van der Waals surface area contributed by atoms with E-state index in [1.807, 2.05) is 44.2 Å². The van der Waals surface area contributed by atoms with E-state index in [2.05, 4.69) is 10.6 Å². The lowest BCUT2D eigenvalue weighted by Crippen LogP contribution is -2.43. The topological polar surface area (TPSA) is 58.2 Å². The number of hydrogen-bond acceptors (Lipinski definition) is 2. The molecule has 0 radical (unpaired) electrons. The van der Waals surface area contributed by atoms with Crippen LogP contribution >= 0.6 is 0 Å². The van der Waals surface area contributed by atoms with E-state index in [-0.39, 0.29) is 29.6 Å². The van der Waals surface area contributed by atoms with Gasteiger partial charge in [-0.15, -0.1) is 0 Å². The Hall–Kier alpha value is -2.69. The monoisotopic (exact) mass is 382 g/mol. The second kappa shape index (κ2) is 8.55. The Morgan fingerprint density at radius 1 is 0.964 bits per heavy atom. The SMILES string of the molecule is Cc1cc(C)cc(C(=O)NCC(=O)NCC2(c3ccc(F)cc3)CCCC2)c1. The summed E-state index contributed by atoms with van der Waals surface area (Å²) < 4.78 is 13.3. The summed E-state index contributed by atoms with van der Waals surface area (Å²) in [6, 6.07) is 12.2. The normalized spacial score (nSPS) is 15.2. The molecule has 0 spiro atoms. The van der Waals surface area contributed by atoms with E-state index in [4.69, 9.17) is 0 Å². The fourth-order valence-corrected chi connectivity index (χ4v) is 4.12. The summed E-state index contributed by atoms with van der Waals surface area (Å²) in [5.41, 5.74) is 3.49. The van der Waals surface area contributed by atoms with Crippen LogP contribution in [0.25, 0.3) is 0 Å². The molecule has 2 aromatic carbocycles. The third kappa shape index (κ3) is 4.77. The van der Waals surface area contributed by atoms with Gasteiger partial charge in [-0.2, -0.15) is 0 Å². The molecule has 2 N–H and O–H groups in total. The van der Waals surface area contributed by atoms with Gasteiger partial charge in [0.15, 0.2) is 0 Å². The third-order valence-electron chi connectivity index (χ3n) is 5.53. The minimum absolute atomic E-state index is 0.0642. The van der Waals surface area contributed by atoms with Crippen molar-refractivity contribution in [3.63, 3.8) is 0 Å². The third-order valence-corrected chi connectivity index (χ3v) is 5.53. The Bertz CT molecular complexity index is 835. The van der Waals surface area contributed by atoms with Gasteiger partial charge in [0.25, 0.3) is 5.91 Å². The van der Waals surface area contributed by atoms with E-state index in [9.17, 15) is 14.0 Å². The number of amides is 2. The lowest BCUT2D eigenvalue weighted by atomic mass is 9.79. The highest BCUT2D eigenvalue weighted by Crippen LogP contribution is 2.40. The van der Waals surface area contributed by atoms with Crippen LogP contribution in [0.1, 0.15) is 52.7 Å². The molecule has 2 aromatic rings. The summed E-state index contributed by atoms with van der Waals surface area (Å²) in [6.07, 6.45) is 4.12. The molecule has 28 heavy (non-hydrogen) atoms. The molecule has 0 unspecified atom stereocenters. The highest BCUT2D eigenvalue weighted by Gasteiger charge is 2.35. The van der Waals surface area contributed by atoms with Gasteiger partial charge in [-0.1, -0.05) is 42.2 Å². The van der Waals surface area contributed by atoms with Gasteiger partial charge < -0.3 is 10.6 Å². The Labute approximate surface area is 165 Å². The van der Waals surface area contributed by atoms with Gasteiger partial charge in [0.1, 0.15) is 5.82 Å². The minimum atomic E-state index is -0.255. The molecule has 0 bridgehead atoms. The first kappa shape index (κ1) is 20.1. The maximum atomic E-state index is 13.3. The zero-order chi connectivity index (χ0) is 20.1. The zero-order valence-electron chi connectivity index (χ0n) is 16.5. The second-order valence-corrected chi connectivity index (χ2v) is 7.83. The van der Waals surface area contributed by atoms with Gasteiger partial charge in [0.2, 0.25) is 5.91 Å². The largest absolute Gasteiger partial charge is 0.354 e. The molecule has 2 amide bonds. The first-order valence-corrected chi connectivity index (χ1v) is 9.77. The van der Waals surface area contributed by atoms with Gasteiger partial charge in [-0.3, -0.25) is 9.59 Å². The molecule has 0 saturated heterocycles. The van der Waals surface area contributed by atoms with Crippen LogP contribution in [-0.2, 0) is 10.2 Å². The average Bonchev–Trinajstić information content (AvgIpc) is 3.14. The maximum absolute atomic E-state index is 13.3. The summed E-state index contributed by atoms with van der Waals surface area (Å²) in [4.78, 5) is 24.6. The van der Waals surface area contributed by atoms with Crippen LogP contribution < -0.4 is 10.6 Å². The molecule has 1 fully saturated rings. The van der Waals surface area contributed by atoms with E-state index >= 15 is 0 Å². The Balaban J connectivity index is 1.56. The molecule has 0 heterocycles. The maximum Gasteiger partial charge on any atom is 0.251 e. The molecule has 5 heteroatoms. The molecule has 1 aliphatic rings. The van der Waals surface area contributed by atoms with Crippen molar-refractivity contribution in [1.82, 2.24) is 10.6 Å². The summed E-state index contributed by atoms with van der Waals surface area (Å²) in [7, 11) is 0.